The van der Waals surface area contributed by atoms with E-state index in [1.54, 1.807) is 48.7 Å². The number of nitrogens with zero attached hydrogens (tertiary/aromatic N) is 3. The summed E-state index contributed by atoms with van der Waals surface area (Å²) >= 11 is 0. The summed E-state index contributed by atoms with van der Waals surface area (Å²) in [4.78, 5) is 13.1. The molecule has 0 bridgehead atoms. The van der Waals surface area contributed by atoms with Crippen LogP contribution in [0.2, 0.25) is 0 Å². The molecule has 4 aromatic heterocycles. The van der Waals surface area contributed by atoms with Crippen LogP contribution in [0, 0.1) is 32.7 Å². The molecule has 5 heteroatoms. The first-order valence-electron chi connectivity index (χ1n) is 20.3. The van der Waals surface area contributed by atoms with E-state index >= 15 is 0 Å². The molecule has 237 valence electrons. The minimum absolute atomic E-state index is 0. The van der Waals surface area contributed by atoms with E-state index in [0.29, 0.717) is 33.8 Å². The number of aryl methyl sites for hydroxylation is 3. The molecule has 0 spiro atoms. The fourth-order valence-electron chi connectivity index (χ4n) is 5.19. The number of rotatable bonds is 5. The van der Waals surface area contributed by atoms with Gasteiger partial charge in [0.1, 0.15) is 0 Å². The van der Waals surface area contributed by atoms with Crippen molar-refractivity contribution in [3.05, 3.63) is 174 Å². The van der Waals surface area contributed by atoms with Gasteiger partial charge in [0.15, 0.2) is 0 Å². The predicted molar refractivity (Wildman–Crippen MR) is 191 cm³/mol. The van der Waals surface area contributed by atoms with Crippen LogP contribution in [-0.4, -0.2) is 15.0 Å². The Kier molecular flexibility index (Phi) is 6.61. The normalized spacial score (nSPS) is 15.2. The molecule has 1 radical (unpaired) electrons. The van der Waals surface area contributed by atoms with E-state index in [0.717, 1.165) is 22.0 Å². The molecule has 0 N–H and O–H groups in total. The fraction of sp³-hybridized carbons (Fsp3) is 0.0930. The van der Waals surface area contributed by atoms with Crippen molar-refractivity contribution in [2.75, 3.05) is 0 Å². The molecule has 0 aliphatic rings. The van der Waals surface area contributed by atoms with Crippen molar-refractivity contribution in [3.8, 4) is 33.6 Å². The first kappa shape index (κ1) is 21.6. The Bertz CT molecular complexity index is 2710. The van der Waals surface area contributed by atoms with Gasteiger partial charge in [-0.1, -0.05) is 90.6 Å². The van der Waals surface area contributed by atoms with Gasteiger partial charge in [-0.15, -0.1) is 53.6 Å². The Labute approximate surface area is 310 Å². The number of aromatic nitrogens is 3. The van der Waals surface area contributed by atoms with Gasteiger partial charge >= 0.3 is 0 Å². The van der Waals surface area contributed by atoms with E-state index in [9.17, 15) is 0 Å². The van der Waals surface area contributed by atoms with E-state index in [-0.39, 0.29) is 47.9 Å². The van der Waals surface area contributed by atoms with Gasteiger partial charge in [0.25, 0.3) is 0 Å². The summed E-state index contributed by atoms with van der Waals surface area (Å²) in [5.74, 6) is 0. The maximum Gasteiger partial charge on any atom is 0.216 e. The molecule has 4 aromatic carbocycles. The van der Waals surface area contributed by atoms with Crippen molar-refractivity contribution in [3.63, 3.8) is 0 Å². The fourth-order valence-corrected chi connectivity index (χ4v) is 5.19. The quantitative estimate of drug-likeness (QED) is 0.163. The topological polar surface area (TPSA) is 51.8 Å². The monoisotopic (exact) mass is 811 g/mol. The molecule has 4 heterocycles. The molecule has 0 amide bonds. The molecule has 0 atom stereocenters. The maximum absolute atomic E-state index is 8.54. The van der Waals surface area contributed by atoms with Crippen LogP contribution in [0.15, 0.2) is 138 Å². The van der Waals surface area contributed by atoms with Gasteiger partial charge in [0.05, 0.1) is 5.58 Å². The average molecular weight is 811 g/mol. The molecule has 8 aromatic rings. The van der Waals surface area contributed by atoms with Crippen LogP contribution in [0.3, 0.4) is 0 Å². The molecule has 48 heavy (non-hydrogen) atoms. The summed E-state index contributed by atoms with van der Waals surface area (Å²) < 4.78 is 92.5. The Morgan fingerprint density at radius 3 is 2.38 bits per heavy atom. The summed E-state index contributed by atoms with van der Waals surface area (Å²) in [5.41, 5.74) is 4.90. The smallest absolute Gasteiger partial charge is 0.216 e. The van der Waals surface area contributed by atoms with E-state index < -0.39 is 26.9 Å². The van der Waals surface area contributed by atoms with Gasteiger partial charge in [-0.25, -0.2) is 4.98 Å². The van der Waals surface area contributed by atoms with Gasteiger partial charge in [0.2, 0.25) is 5.71 Å². The average Bonchev–Trinajstić information content (AvgIpc) is 3.59. The summed E-state index contributed by atoms with van der Waals surface area (Å²) in [5, 5.41) is 1.75. The molecule has 0 saturated carbocycles. The number of benzene rings is 4. The number of fused-ring (bicyclic) bond motifs is 3. The first-order valence-corrected chi connectivity index (χ1v) is 14.8. The SMILES string of the molecule is [2H]C([2H])([2H])c1c[c-]c(-c2cc(-c3ccccc3C([2H])([2H])[2H])c(C([2H])([2H])[2H])cn2)cc1.[2H]C([2H])(c1ccccc1)c1ccc2c(n1)oc1c(-c3ccccn3)[c-]ccc12.[Ir]. The second-order valence-corrected chi connectivity index (χ2v) is 10.6. The molecule has 4 nitrogen and oxygen atoms in total. The third kappa shape index (κ3) is 7.03. The number of hydrogen-bond donors (Lipinski definition) is 0. The molecule has 0 fully saturated rings. The minimum atomic E-state index is -2.50. The van der Waals surface area contributed by atoms with Gasteiger partial charge in [0, 0.05) is 65.0 Å². The standard InChI is InChI=1S/C23H15N2O.C20H18N.Ir/c1-2-7-16(8-3-1)15-17-12-13-19-18-9-6-10-20(21-11-4-5-14-24-21)22(18)26-23(19)25-17;1-14-8-10-17(11-9-14)20-12-19(16(3)13-21-20)18-7-5-4-6-15(18)2;/h1-9,11-14H,15H2;4-10,12-13H,1-3H3;/q2*-1;/i15D2;1D3,2D3,3D3;. The molecule has 0 aliphatic heterocycles. The van der Waals surface area contributed by atoms with E-state index in [1.807, 2.05) is 54.6 Å². The largest absolute Gasteiger partial charge is 0.486 e. The van der Waals surface area contributed by atoms with Crippen molar-refractivity contribution in [2.24, 2.45) is 0 Å². The van der Waals surface area contributed by atoms with Crippen LogP contribution in [-0.2, 0) is 26.5 Å². The van der Waals surface area contributed by atoms with E-state index in [2.05, 4.69) is 27.1 Å². The van der Waals surface area contributed by atoms with Crippen molar-refractivity contribution in [1.82, 2.24) is 15.0 Å². The zero-order chi connectivity index (χ0) is 41.5. The van der Waals surface area contributed by atoms with Gasteiger partial charge in [-0.3, -0.25) is 0 Å². The van der Waals surface area contributed by atoms with Crippen LogP contribution in [0.4, 0.5) is 0 Å². The Morgan fingerprint density at radius 2 is 1.58 bits per heavy atom. The molecule has 0 saturated heterocycles. The van der Waals surface area contributed by atoms with Gasteiger partial charge < -0.3 is 14.4 Å². The Hall–Kier alpha value is -5.22. The van der Waals surface area contributed by atoms with E-state index in [4.69, 9.17) is 19.5 Å². The number of hydrogen-bond acceptors (Lipinski definition) is 4. The Balaban J connectivity index is 0.000000195. The maximum atomic E-state index is 8.54. The molecule has 8 rings (SSSR count). The second kappa shape index (κ2) is 14.7. The van der Waals surface area contributed by atoms with Crippen molar-refractivity contribution < 1.29 is 39.6 Å². The summed E-state index contributed by atoms with van der Waals surface area (Å²) in [7, 11) is 0. The predicted octanol–water partition coefficient (Wildman–Crippen LogP) is 10.6. The third-order valence-corrected chi connectivity index (χ3v) is 7.48. The zero-order valence-corrected chi connectivity index (χ0v) is 27.7. The zero-order valence-electron chi connectivity index (χ0n) is 36.3. The van der Waals surface area contributed by atoms with Crippen molar-refractivity contribution in [2.45, 2.75) is 26.9 Å². The number of pyridine rings is 3. The van der Waals surface area contributed by atoms with Crippen LogP contribution in [0.1, 0.15) is 43.0 Å². The van der Waals surface area contributed by atoms with Crippen LogP contribution < -0.4 is 0 Å². The third-order valence-electron chi connectivity index (χ3n) is 7.48. The first-order chi connectivity index (χ1) is 27.4. The van der Waals surface area contributed by atoms with Crippen LogP contribution >= 0.6 is 0 Å². The van der Waals surface area contributed by atoms with Crippen LogP contribution in [0.25, 0.3) is 55.7 Å². The number of furan rings is 1. The van der Waals surface area contributed by atoms with Crippen molar-refractivity contribution >= 4 is 22.1 Å². The summed E-state index contributed by atoms with van der Waals surface area (Å²) in [6.45, 7) is -7.20. The molecule has 0 aliphatic carbocycles. The second-order valence-electron chi connectivity index (χ2n) is 10.6. The van der Waals surface area contributed by atoms with Crippen LogP contribution in [0.5, 0.6) is 0 Å². The summed E-state index contributed by atoms with van der Waals surface area (Å²) in [6, 6.07) is 40.2. The molecular weight excluding hydrogens is 767 g/mol. The minimum Gasteiger partial charge on any atom is -0.486 e. The van der Waals surface area contributed by atoms with Gasteiger partial charge in [-0.05, 0) is 71.1 Å². The summed E-state index contributed by atoms with van der Waals surface area (Å²) in [6.07, 6.45) is 1.22. The molecular formula is C43H33IrN3O-2. The Morgan fingerprint density at radius 1 is 0.729 bits per heavy atom. The van der Waals surface area contributed by atoms with E-state index in [1.165, 1.54) is 30.5 Å². The van der Waals surface area contributed by atoms with Gasteiger partial charge in [-0.2, -0.15) is 0 Å². The molecule has 0 unspecified atom stereocenters. The van der Waals surface area contributed by atoms with Crippen molar-refractivity contribution in [1.29, 1.82) is 0 Å².